The molecule has 0 spiro atoms. The Hall–Kier alpha value is -2.85. The van der Waals surface area contributed by atoms with Crippen molar-refractivity contribution < 1.29 is 17.9 Å². The molecule has 2 aromatic rings. The fourth-order valence-corrected chi connectivity index (χ4v) is 4.12. The van der Waals surface area contributed by atoms with Gasteiger partial charge in [-0.3, -0.25) is 9.52 Å². The van der Waals surface area contributed by atoms with E-state index >= 15 is 0 Å². The van der Waals surface area contributed by atoms with Crippen molar-refractivity contribution in [3.05, 3.63) is 65.2 Å². The van der Waals surface area contributed by atoms with Gasteiger partial charge in [-0.25, -0.2) is 8.42 Å². The highest BCUT2D eigenvalue weighted by atomic mass is 32.2. The molecular weight excluding hydrogens is 352 g/mol. The van der Waals surface area contributed by atoms with Crippen LogP contribution in [0.5, 0.6) is 5.75 Å². The Bertz CT molecular complexity index is 962. The summed E-state index contributed by atoms with van der Waals surface area (Å²) in [6.45, 7) is 0. The van der Waals surface area contributed by atoms with Gasteiger partial charge in [-0.1, -0.05) is 30.3 Å². The second-order valence-corrected chi connectivity index (χ2v) is 7.94. The monoisotopic (exact) mass is 370 g/mol. The molecule has 0 heterocycles. The van der Waals surface area contributed by atoms with Gasteiger partial charge in [0.2, 0.25) is 15.9 Å². The molecule has 2 aromatic carbocycles. The summed E-state index contributed by atoms with van der Waals surface area (Å²) in [5.41, 5.74) is 1.64. The third-order valence-corrected chi connectivity index (χ3v) is 5.61. The average molecular weight is 370 g/mol. The molecule has 6 nitrogen and oxygen atoms in total. The van der Waals surface area contributed by atoms with E-state index in [1.54, 1.807) is 31.4 Å². The van der Waals surface area contributed by atoms with Crippen molar-refractivity contribution in [2.24, 2.45) is 5.92 Å². The SMILES string of the molecule is COc1ccc([C@H]2C[C@@H]2C(=O)NS(=O)(=O)Cc2ccccc2C#N)cc1. The van der Waals surface area contributed by atoms with Crippen molar-refractivity contribution in [3.63, 3.8) is 0 Å². The molecule has 2 atom stereocenters. The van der Waals surface area contributed by atoms with E-state index in [1.165, 1.54) is 0 Å². The van der Waals surface area contributed by atoms with E-state index in [0.29, 0.717) is 12.0 Å². The first-order chi connectivity index (χ1) is 12.4. The number of carbonyl (C=O) groups excluding carboxylic acids is 1. The molecule has 1 aliphatic rings. The Morgan fingerprint density at radius 1 is 1.23 bits per heavy atom. The third-order valence-electron chi connectivity index (χ3n) is 4.41. The largest absolute Gasteiger partial charge is 0.497 e. The van der Waals surface area contributed by atoms with Crippen LogP contribution >= 0.6 is 0 Å². The standard InChI is InChI=1S/C19H18N2O4S/c1-25-16-8-6-13(7-9-16)17-10-18(17)19(22)21-26(23,24)12-15-5-3-2-4-14(15)11-20/h2-9,17-18H,10,12H2,1H3,(H,21,22)/t17-,18+/m1/s1. The van der Waals surface area contributed by atoms with Gasteiger partial charge in [0.1, 0.15) is 5.75 Å². The minimum atomic E-state index is -3.86. The zero-order valence-electron chi connectivity index (χ0n) is 14.2. The van der Waals surface area contributed by atoms with Gasteiger partial charge in [0.05, 0.1) is 24.5 Å². The zero-order chi connectivity index (χ0) is 18.7. The second-order valence-electron chi connectivity index (χ2n) is 6.22. The summed E-state index contributed by atoms with van der Waals surface area (Å²) in [5, 5.41) is 9.05. The van der Waals surface area contributed by atoms with Crippen LogP contribution in [-0.2, 0) is 20.6 Å². The first-order valence-corrected chi connectivity index (χ1v) is 9.75. The Morgan fingerprint density at radius 2 is 1.92 bits per heavy atom. The van der Waals surface area contributed by atoms with Crippen molar-refractivity contribution >= 4 is 15.9 Å². The van der Waals surface area contributed by atoms with Crippen molar-refractivity contribution in [1.29, 1.82) is 5.26 Å². The molecule has 134 valence electrons. The molecule has 0 bridgehead atoms. The number of benzene rings is 2. The lowest BCUT2D eigenvalue weighted by Crippen LogP contribution is -2.33. The maximum atomic E-state index is 12.3. The number of nitrogens with zero attached hydrogens (tertiary/aromatic N) is 1. The normalized spacial score (nSPS) is 18.6. The summed E-state index contributed by atoms with van der Waals surface area (Å²) >= 11 is 0. The number of nitrogens with one attached hydrogen (secondary N) is 1. The summed E-state index contributed by atoms with van der Waals surface area (Å²) in [6.07, 6.45) is 0.614. The molecule has 1 N–H and O–H groups in total. The molecule has 1 amide bonds. The molecule has 7 heteroatoms. The van der Waals surface area contributed by atoms with Gasteiger partial charge >= 0.3 is 0 Å². The van der Waals surface area contributed by atoms with Crippen LogP contribution in [0.2, 0.25) is 0 Å². The summed E-state index contributed by atoms with van der Waals surface area (Å²) in [7, 11) is -2.28. The van der Waals surface area contributed by atoms with Crippen LogP contribution in [-0.4, -0.2) is 21.4 Å². The van der Waals surface area contributed by atoms with Crippen LogP contribution < -0.4 is 9.46 Å². The van der Waals surface area contributed by atoms with E-state index in [0.717, 1.165) is 11.3 Å². The van der Waals surface area contributed by atoms with Crippen LogP contribution in [0.15, 0.2) is 48.5 Å². The van der Waals surface area contributed by atoms with E-state index in [-0.39, 0.29) is 17.4 Å². The lowest BCUT2D eigenvalue weighted by atomic mass is 10.1. The van der Waals surface area contributed by atoms with Crippen molar-refractivity contribution in [2.45, 2.75) is 18.1 Å². The van der Waals surface area contributed by atoms with E-state index in [4.69, 9.17) is 10.00 Å². The van der Waals surface area contributed by atoms with Gasteiger partial charge in [-0.2, -0.15) is 5.26 Å². The predicted octanol–water partition coefficient (Wildman–Crippen LogP) is 2.32. The highest BCUT2D eigenvalue weighted by molar-refractivity contribution is 7.89. The maximum absolute atomic E-state index is 12.3. The van der Waals surface area contributed by atoms with E-state index in [9.17, 15) is 13.2 Å². The average Bonchev–Trinajstić information content (AvgIpc) is 3.42. The molecule has 0 radical (unpaired) electrons. The van der Waals surface area contributed by atoms with Gasteiger partial charge in [0, 0.05) is 5.92 Å². The zero-order valence-corrected chi connectivity index (χ0v) is 15.0. The number of methoxy groups -OCH3 is 1. The Morgan fingerprint density at radius 3 is 2.58 bits per heavy atom. The first kappa shape index (κ1) is 18.0. The van der Waals surface area contributed by atoms with E-state index in [1.807, 2.05) is 30.3 Å². The highest BCUT2D eigenvalue weighted by Crippen LogP contribution is 2.47. The van der Waals surface area contributed by atoms with E-state index in [2.05, 4.69) is 4.72 Å². The molecular formula is C19H18N2O4S. The Kier molecular flexibility index (Phi) is 4.96. The predicted molar refractivity (Wildman–Crippen MR) is 95.8 cm³/mol. The van der Waals surface area contributed by atoms with Crippen LogP contribution in [0, 0.1) is 17.2 Å². The molecule has 0 aliphatic heterocycles. The fraction of sp³-hybridized carbons (Fsp3) is 0.263. The smallest absolute Gasteiger partial charge is 0.239 e. The first-order valence-electron chi connectivity index (χ1n) is 8.10. The lowest BCUT2D eigenvalue weighted by Gasteiger charge is -2.08. The molecule has 1 fully saturated rings. The number of hydrogen-bond acceptors (Lipinski definition) is 5. The van der Waals surface area contributed by atoms with Gasteiger partial charge in [0.15, 0.2) is 0 Å². The quantitative estimate of drug-likeness (QED) is 0.842. The second kappa shape index (κ2) is 7.18. The van der Waals surface area contributed by atoms with Crippen LogP contribution in [0.3, 0.4) is 0 Å². The minimum Gasteiger partial charge on any atom is -0.497 e. The fourth-order valence-electron chi connectivity index (χ4n) is 2.93. The Balaban J connectivity index is 1.63. The number of hydrogen-bond donors (Lipinski definition) is 1. The maximum Gasteiger partial charge on any atom is 0.239 e. The number of amides is 1. The Labute approximate surface area is 152 Å². The summed E-state index contributed by atoms with van der Waals surface area (Å²) in [4.78, 5) is 12.3. The van der Waals surface area contributed by atoms with Crippen LogP contribution in [0.1, 0.15) is 29.0 Å². The lowest BCUT2D eigenvalue weighted by molar-refractivity contribution is -0.120. The molecule has 3 rings (SSSR count). The van der Waals surface area contributed by atoms with Gasteiger partial charge < -0.3 is 4.74 Å². The number of rotatable bonds is 6. The number of carbonyl (C=O) groups is 1. The van der Waals surface area contributed by atoms with Gasteiger partial charge in [0.25, 0.3) is 0 Å². The molecule has 0 unspecified atom stereocenters. The van der Waals surface area contributed by atoms with Gasteiger partial charge in [-0.05, 0) is 41.7 Å². The number of nitriles is 1. The minimum absolute atomic E-state index is 0.0162. The van der Waals surface area contributed by atoms with Gasteiger partial charge in [-0.15, -0.1) is 0 Å². The van der Waals surface area contributed by atoms with Crippen molar-refractivity contribution in [3.8, 4) is 11.8 Å². The summed E-state index contributed by atoms with van der Waals surface area (Å²) in [6, 6.07) is 15.8. The molecule has 0 saturated heterocycles. The van der Waals surface area contributed by atoms with Crippen molar-refractivity contribution in [2.75, 3.05) is 7.11 Å². The molecule has 1 saturated carbocycles. The summed E-state index contributed by atoms with van der Waals surface area (Å²) in [5.74, 6) is -0.510. The summed E-state index contributed by atoms with van der Waals surface area (Å²) < 4.78 is 31.8. The third kappa shape index (κ3) is 4.03. The molecule has 1 aliphatic carbocycles. The van der Waals surface area contributed by atoms with Crippen molar-refractivity contribution in [1.82, 2.24) is 4.72 Å². The number of sulfonamides is 1. The number of ether oxygens (including phenoxy) is 1. The molecule has 0 aromatic heterocycles. The van der Waals surface area contributed by atoms with E-state index < -0.39 is 21.7 Å². The molecule has 26 heavy (non-hydrogen) atoms. The van der Waals surface area contributed by atoms with Crippen LogP contribution in [0.25, 0.3) is 0 Å². The van der Waals surface area contributed by atoms with Crippen LogP contribution in [0.4, 0.5) is 0 Å². The highest BCUT2D eigenvalue weighted by Gasteiger charge is 2.45. The topological polar surface area (TPSA) is 96.3 Å².